The maximum absolute atomic E-state index is 13.2. The largest absolute Gasteiger partial charge is 0.324 e. The summed E-state index contributed by atoms with van der Waals surface area (Å²) in [6, 6.07) is 17.8. The highest BCUT2D eigenvalue weighted by Crippen LogP contribution is 2.29. The minimum absolute atomic E-state index is 0.0698. The van der Waals surface area contributed by atoms with Crippen LogP contribution in [-0.4, -0.2) is 68.7 Å². The summed E-state index contributed by atoms with van der Waals surface area (Å²) in [4.78, 5) is 15.0. The molecule has 4 rings (SSSR count). The molecule has 1 fully saturated rings. The highest BCUT2D eigenvalue weighted by Gasteiger charge is 2.43. The second kappa shape index (κ2) is 9.39. The van der Waals surface area contributed by atoms with Gasteiger partial charge in [-0.1, -0.05) is 62.0 Å². The van der Waals surface area contributed by atoms with Gasteiger partial charge in [0.1, 0.15) is 6.17 Å². The molecule has 32 heavy (non-hydrogen) atoms. The van der Waals surface area contributed by atoms with Crippen LogP contribution in [0.5, 0.6) is 0 Å². The third-order valence-corrected chi connectivity index (χ3v) is 8.00. The van der Waals surface area contributed by atoms with Crippen molar-refractivity contribution >= 4 is 27.7 Å². The lowest BCUT2D eigenvalue weighted by molar-refractivity contribution is -0.130. The van der Waals surface area contributed by atoms with Crippen molar-refractivity contribution < 1.29 is 13.2 Å². The predicted molar refractivity (Wildman–Crippen MR) is 121 cm³/mol. The summed E-state index contributed by atoms with van der Waals surface area (Å²) in [6.07, 6.45) is -0.543. The van der Waals surface area contributed by atoms with Crippen LogP contribution >= 0.6 is 11.8 Å². The number of hydrogen-bond acceptors (Lipinski definition) is 7. The van der Waals surface area contributed by atoms with E-state index in [2.05, 4.69) is 15.5 Å². The van der Waals surface area contributed by atoms with Crippen LogP contribution in [0.15, 0.2) is 70.7 Å². The van der Waals surface area contributed by atoms with Crippen LogP contribution in [0.4, 0.5) is 0 Å². The number of thioether (sulfide) groups is 1. The van der Waals surface area contributed by atoms with Crippen molar-refractivity contribution in [2.75, 3.05) is 18.8 Å². The number of para-hydroxylation sites is 1. The fourth-order valence-corrected chi connectivity index (χ4v) is 6.30. The molecule has 3 aromatic rings. The zero-order chi connectivity index (χ0) is 22.7. The van der Waals surface area contributed by atoms with Crippen molar-refractivity contribution in [3.05, 3.63) is 60.7 Å². The van der Waals surface area contributed by atoms with E-state index >= 15 is 0 Å². The Kier molecular flexibility index (Phi) is 6.58. The van der Waals surface area contributed by atoms with E-state index in [1.54, 1.807) is 39.9 Å². The molecule has 1 amide bonds. The van der Waals surface area contributed by atoms with Crippen LogP contribution in [0.25, 0.3) is 5.69 Å². The highest BCUT2D eigenvalue weighted by atomic mass is 32.2. The first-order valence-corrected chi connectivity index (χ1v) is 12.6. The summed E-state index contributed by atoms with van der Waals surface area (Å²) in [5, 5.41) is 12.3. The fourth-order valence-electron chi connectivity index (χ4n) is 3.79. The molecule has 0 saturated carbocycles. The lowest BCUT2D eigenvalue weighted by atomic mass is 10.1. The number of carbonyl (C=O) groups is 1. The van der Waals surface area contributed by atoms with Gasteiger partial charge >= 0.3 is 0 Å². The van der Waals surface area contributed by atoms with E-state index in [-0.39, 0.29) is 29.0 Å². The molecular formula is C21H24N6O3S2. The lowest BCUT2D eigenvalue weighted by Gasteiger charge is -2.32. The second-order valence-electron chi connectivity index (χ2n) is 7.67. The van der Waals surface area contributed by atoms with E-state index in [9.17, 15) is 13.2 Å². The van der Waals surface area contributed by atoms with Crippen LogP contribution in [0, 0.1) is 5.92 Å². The smallest absolute Gasteiger partial charge is 0.244 e. The van der Waals surface area contributed by atoms with Crippen molar-refractivity contribution in [2.45, 2.75) is 30.1 Å². The standard InChI is InChI=1S/C21H24N6O3S2/c1-16(2)20-25(13-14-26(20)32(29,30)18-11-7-4-8-12-18)19(28)15-31-21-22-23-24-27(21)17-9-5-3-6-10-17/h3-12,16,20H,13-15H2,1-2H3. The van der Waals surface area contributed by atoms with Crippen molar-refractivity contribution in [3.63, 3.8) is 0 Å². The molecule has 1 atom stereocenters. The molecule has 168 valence electrons. The van der Waals surface area contributed by atoms with Gasteiger partial charge in [-0.15, -0.1) is 5.10 Å². The highest BCUT2D eigenvalue weighted by molar-refractivity contribution is 7.99. The van der Waals surface area contributed by atoms with Gasteiger partial charge in [0.2, 0.25) is 21.1 Å². The molecular weight excluding hydrogens is 448 g/mol. The average Bonchev–Trinajstić information content (AvgIpc) is 3.46. The molecule has 2 aromatic carbocycles. The number of rotatable bonds is 7. The van der Waals surface area contributed by atoms with Gasteiger partial charge < -0.3 is 4.90 Å². The van der Waals surface area contributed by atoms with E-state index in [0.29, 0.717) is 11.7 Å². The van der Waals surface area contributed by atoms with Crippen LogP contribution < -0.4 is 0 Å². The molecule has 1 unspecified atom stereocenters. The third kappa shape index (κ3) is 4.41. The minimum Gasteiger partial charge on any atom is -0.324 e. The quantitative estimate of drug-likeness (QED) is 0.486. The molecule has 0 N–H and O–H groups in total. The van der Waals surface area contributed by atoms with E-state index in [4.69, 9.17) is 0 Å². The Balaban J connectivity index is 1.50. The Morgan fingerprint density at radius 1 is 1.06 bits per heavy atom. The Labute approximate surface area is 191 Å². The Bertz CT molecular complexity index is 1170. The Hall–Kier alpha value is -2.76. The average molecular weight is 473 g/mol. The molecule has 1 aliphatic heterocycles. The van der Waals surface area contributed by atoms with E-state index < -0.39 is 16.2 Å². The second-order valence-corrected chi connectivity index (χ2v) is 10.5. The molecule has 1 saturated heterocycles. The zero-order valence-corrected chi connectivity index (χ0v) is 19.4. The molecule has 0 spiro atoms. The van der Waals surface area contributed by atoms with Crippen molar-refractivity contribution in [1.82, 2.24) is 29.4 Å². The van der Waals surface area contributed by atoms with E-state index in [1.807, 2.05) is 44.2 Å². The topological polar surface area (TPSA) is 101 Å². The van der Waals surface area contributed by atoms with Gasteiger partial charge in [-0.3, -0.25) is 4.79 Å². The molecule has 1 aromatic heterocycles. The van der Waals surface area contributed by atoms with Crippen molar-refractivity contribution in [3.8, 4) is 5.69 Å². The zero-order valence-electron chi connectivity index (χ0n) is 17.8. The lowest BCUT2D eigenvalue weighted by Crippen LogP contribution is -2.48. The maximum atomic E-state index is 13.2. The van der Waals surface area contributed by atoms with Gasteiger partial charge in [0.15, 0.2) is 0 Å². The van der Waals surface area contributed by atoms with Gasteiger partial charge in [-0.25, -0.2) is 8.42 Å². The molecule has 0 bridgehead atoms. The molecule has 0 aliphatic carbocycles. The van der Waals surface area contributed by atoms with Crippen LogP contribution in [0.1, 0.15) is 13.8 Å². The van der Waals surface area contributed by atoms with Gasteiger partial charge in [0, 0.05) is 13.1 Å². The first-order valence-electron chi connectivity index (χ1n) is 10.2. The number of hydrogen-bond donors (Lipinski definition) is 0. The number of carbonyl (C=O) groups excluding carboxylic acids is 1. The predicted octanol–water partition coefficient (Wildman–Crippen LogP) is 2.27. The fraction of sp³-hybridized carbons (Fsp3) is 0.333. The third-order valence-electron chi connectivity index (χ3n) is 5.21. The molecule has 11 heteroatoms. The minimum atomic E-state index is -3.70. The van der Waals surface area contributed by atoms with Gasteiger partial charge in [0.25, 0.3) is 0 Å². The van der Waals surface area contributed by atoms with Crippen molar-refractivity contribution in [1.29, 1.82) is 0 Å². The first-order chi connectivity index (χ1) is 15.4. The summed E-state index contributed by atoms with van der Waals surface area (Å²) >= 11 is 1.23. The summed E-state index contributed by atoms with van der Waals surface area (Å²) in [7, 11) is -3.70. The summed E-state index contributed by atoms with van der Waals surface area (Å²) in [5.74, 6) is -0.114. The van der Waals surface area contributed by atoms with E-state index in [0.717, 1.165) is 5.69 Å². The first kappa shape index (κ1) is 22.4. The summed E-state index contributed by atoms with van der Waals surface area (Å²) < 4.78 is 29.4. The van der Waals surface area contributed by atoms with E-state index in [1.165, 1.54) is 16.1 Å². The van der Waals surface area contributed by atoms with Gasteiger partial charge in [-0.05, 0) is 40.6 Å². The van der Waals surface area contributed by atoms with Gasteiger partial charge in [-0.2, -0.15) is 8.99 Å². The summed E-state index contributed by atoms with van der Waals surface area (Å²) in [5.41, 5.74) is 0.800. The normalized spacial score (nSPS) is 17.2. The SMILES string of the molecule is CC(C)C1N(C(=O)CSc2nnnn2-c2ccccc2)CCN1S(=O)(=O)c1ccccc1. The van der Waals surface area contributed by atoms with Crippen molar-refractivity contribution in [2.24, 2.45) is 5.92 Å². The number of aromatic nitrogens is 4. The van der Waals surface area contributed by atoms with Crippen LogP contribution in [0.2, 0.25) is 0 Å². The Morgan fingerprint density at radius 2 is 1.72 bits per heavy atom. The Morgan fingerprint density at radius 3 is 2.38 bits per heavy atom. The number of tetrazole rings is 1. The number of nitrogens with zero attached hydrogens (tertiary/aromatic N) is 6. The summed E-state index contributed by atoms with van der Waals surface area (Å²) in [6.45, 7) is 4.45. The maximum Gasteiger partial charge on any atom is 0.244 e. The van der Waals surface area contributed by atoms with Gasteiger partial charge in [0.05, 0.1) is 16.3 Å². The van der Waals surface area contributed by atoms with Crippen LogP contribution in [0.3, 0.4) is 0 Å². The molecule has 1 aliphatic rings. The number of sulfonamides is 1. The number of amides is 1. The molecule has 9 nitrogen and oxygen atoms in total. The molecule has 0 radical (unpaired) electrons. The monoisotopic (exact) mass is 472 g/mol. The van der Waals surface area contributed by atoms with Crippen LogP contribution in [-0.2, 0) is 14.8 Å². The molecule has 2 heterocycles. The number of benzene rings is 2.